The molecule has 2 bridgehead atoms. The minimum Gasteiger partial charge on any atom is -0.465 e. The second-order valence-corrected chi connectivity index (χ2v) is 7.73. The van der Waals surface area contributed by atoms with Crippen LogP contribution in [0.15, 0.2) is 11.6 Å². The van der Waals surface area contributed by atoms with E-state index in [1.807, 2.05) is 0 Å². The first-order chi connectivity index (χ1) is 10.9. The number of rotatable bonds is 7. The molecule has 3 nitrogen and oxygen atoms in total. The van der Waals surface area contributed by atoms with Gasteiger partial charge in [-0.05, 0) is 25.2 Å². The number of hydrogen-bond donors (Lipinski definition) is 0. The summed E-state index contributed by atoms with van der Waals surface area (Å²) < 4.78 is 11.8. The lowest BCUT2D eigenvalue weighted by molar-refractivity contribution is -0.180. The molecule has 0 radical (unpaired) electrons. The van der Waals surface area contributed by atoms with E-state index in [9.17, 15) is 4.79 Å². The van der Waals surface area contributed by atoms with Crippen molar-refractivity contribution in [1.29, 1.82) is 0 Å². The summed E-state index contributed by atoms with van der Waals surface area (Å²) in [5.41, 5.74) is 1.40. The zero-order valence-corrected chi connectivity index (χ0v) is 15.6. The van der Waals surface area contributed by atoms with E-state index in [2.05, 4.69) is 33.8 Å². The van der Waals surface area contributed by atoms with Gasteiger partial charge in [-0.3, -0.25) is 4.79 Å². The molecule has 0 saturated carbocycles. The predicted molar refractivity (Wildman–Crippen MR) is 93.1 cm³/mol. The number of fused-ring (bicyclic) bond motifs is 2. The van der Waals surface area contributed by atoms with Crippen molar-refractivity contribution in [2.45, 2.75) is 72.8 Å². The Morgan fingerprint density at radius 1 is 1.35 bits per heavy atom. The molecule has 0 N–H and O–H groups in total. The molecular formula is C20H34O3. The van der Waals surface area contributed by atoms with Crippen molar-refractivity contribution in [1.82, 2.24) is 0 Å². The third-order valence-corrected chi connectivity index (χ3v) is 6.24. The van der Waals surface area contributed by atoms with Crippen LogP contribution in [-0.2, 0) is 14.3 Å². The molecule has 0 spiro atoms. The van der Waals surface area contributed by atoms with Crippen LogP contribution < -0.4 is 0 Å². The van der Waals surface area contributed by atoms with Gasteiger partial charge < -0.3 is 9.47 Å². The summed E-state index contributed by atoms with van der Waals surface area (Å²) in [6, 6.07) is 0. The molecule has 0 unspecified atom stereocenters. The molecule has 0 aromatic heterocycles. The molecule has 1 fully saturated rings. The SMILES string of the molecule is CCCCCC[C@H]1OC[C@@]2(COC(C)=O)[C@H](C)[C@@H]1C(C)=C[C@@H]2C. The lowest BCUT2D eigenvalue weighted by atomic mass is 9.56. The van der Waals surface area contributed by atoms with E-state index in [0.29, 0.717) is 37.1 Å². The van der Waals surface area contributed by atoms with Gasteiger partial charge >= 0.3 is 5.97 Å². The highest BCUT2D eigenvalue weighted by molar-refractivity contribution is 5.65. The fourth-order valence-corrected chi connectivity index (χ4v) is 4.66. The molecule has 2 rings (SSSR count). The van der Waals surface area contributed by atoms with Gasteiger partial charge in [-0.1, -0.05) is 58.1 Å². The van der Waals surface area contributed by atoms with Crippen LogP contribution >= 0.6 is 0 Å². The smallest absolute Gasteiger partial charge is 0.302 e. The molecule has 5 atom stereocenters. The first kappa shape index (κ1) is 18.5. The van der Waals surface area contributed by atoms with E-state index < -0.39 is 0 Å². The Morgan fingerprint density at radius 2 is 2.09 bits per heavy atom. The molecule has 23 heavy (non-hydrogen) atoms. The summed E-state index contributed by atoms with van der Waals surface area (Å²) in [5, 5.41) is 0. The van der Waals surface area contributed by atoms with Crippen LogP contribution in [0.3, 0.4) is 0 Å². The van der Waals surface area contributed by atoms with Crippen molar-refractivity contribution < 1.29 is 14.3 Å². The van der Waals surface area contributed by atoms with E-state index in [-0.39, 0.29) is 11.4 Å². The standard InChI is InChI=1S/C20H34O3/c1-6-7-8-9-10-18-19-14(2)11-15(3)20(13-23-18,16(19)4)12-22-17(5)21/h11,15-16,18-19H,6-10,12-13H2,1-5H3/t15-,16+,18+,19-,20+/m0/s1. The fraction of sp³-hybridized carbons (Fsp3) is 0.850. The van der Waals surface area contributed by atoms with Gasteiger partial charge in [-0.25, -0.2) is 0 Å². The van der Waals surface area contributed by atoms with E-state index in [1.165, 1.54) is 38.2 Å². The van der Waals surface area contributed by atoms with Gasteiger partial charge in [0.25, 0.3) is 0 Å². The van der Waals surface area contributed by atoms with Crippen molar-refractivity contribution in [2.24, 2.45) is 23.2 Å². The number of carbonyl (C=O) groups is 1. The Balaban J connectivity index is 2.11. The van der Waals surface area contributed by atoms with Gasteiger partial charge in [0.15, 0.2) is 0 Å². The van der Waals surface area contributed by atoms with Gasteiger partial charge in [-0.2, -0.15) is 0 Å². The number of allylic oxidation sites excluding steroid dienone is 1. The zero-order chi connectivity index (χ0) is 17.0. The second kappa shape index (κ2) is 7.83. The van der Waals surface area contributed by atoms with Crippen LogP contribution in [-0.4, -0.2) is 25.3 Å². The van der Waals surface area contributed by atoms with Crippen molar-refractivity contribution in [3.8, 4) is 0 Å². The lowest BCUT2D eigenvalue weighted by Crippen LogP contribution is -2.56. The minimum absolute atomic E-state index is 0.0598. The normalized spacial score (nSPS) is 36.5. The second-order valence-electron chi connectivity index (χ2n) is 7.73. The highest BCUT2D eigenvalue weighted by Gasteiger charge is 2.53. The summed E-state index contributed by atoms with van der Waals surface area (Å²) in [6.07, 6.45) is 9.02. The van der Waals surface area contributed by atoms with Gasteiger partial charge in [0, 0.05) is 18.3 Å². The molecular weight excluding hydrogens is 288 g/mol. The van der Waals surface area contributed by atoms with E-state index in [4.69, 9.17) is 9.47 Å². The summed E-state index contributed by atoms with van der Waals surface area (Å²) in [5.74, 6) is 1.15. The van der Waals surface area contributed by atoms with Gasteiger partial charge in [0.05, 0.1) is 19.3 Å². The monoisotopic (exact) mass is 322 g/mol. The maximum atomic E-state index is 11.3. The first-order valence-corrected chi connectivity index (χ1v) is 9.35. The maximum absolute atomic E-state index is 11.3. The third-order valence-electron chi connectivity index (χ3n) is 6.24. The molecule has 0 aromatic rings. The Labute approximate surface area is 141 Å². The molecule has 132 valence electrons. The Bertz CT molecular complexity index is 442. The summed E-state index contributed by atoms with van der Waals surface area (Å²) in [6.45, 7) is 11.8. The minimum atomic E-state index is -0.191. The van der Waals surface area contributed by atoms with Gasteiger partial charge in [0.1, 0.15) is 0 Å². The van der Waals surface area contributed by atoms with Crippen molar-refractivity contribution in [2.75, 3.05) is 13.2 Å². The Morgan fingerprint density at radius 3 is 2.74 bits per heavy atom. The summed E-state index contributed by atoms with van der Waals surface area (Å²) in [7, 11) is 0. The highest BCUT2D eigenvalue weighted by Crippen LogP contribution is 2.53. The maximum Gasteiger partial charge on any atom is 0.302 e. The van der Waals surface area contributed by atoms with Crippen molar-refractivity contribution in [3.63, 3.8) is 0 Å². The number of hydrogen-bond acceptors (Lipinski definition) is 3. The van der Waals surface area contributed by atoms with E-state index in [0.717, 1.165) is 6.42 Å². The Hall–Kier alpha value is -0.830. The van der Waals surface area contributed by atoms with Crippen LogP contribution in [0.25, 0.3) is 0 Å². The number of esters is 1. The average molecular weight is 322 g/mol. The molecule has 1 aliphatic heterocycles. The molecule has 1 aliphatic carbocycles. The predicted octanol–water partition coefficient (Wildman–Crippen LogP) is 4.75. The molecule has 2 aliphatic rings. The Kier molecular flexibility index (Phi) is 6.30. The zero-order valence-electron chi connectivity index (χ0n) is 15.6. The fourth-order valence-electron chi connectivity index (χ4n) is 4.66. The highest BCUT2D eigenvalue weighted by atomic mass is 16.5. The van der Waals surface area contributed by atoms with Crippen LogP contribution in [0.5, 0.6) is 0 Å². The number of carbonyl (C=O) groups excluding carboxylic acids is 1. The number of ether oxygens (including phenoxy) is 2. The van der Waals surface area contributed by atoms with E-state index in [1.54, 1.807) is 0 Å². The van der Waals surface area contributed by atoms with Crippen molar-refractivity contribution in [3.05, 3.63) is 11.6 Å². The molecule has 3 heteroatoms. The summed E-state index contributed by atoms with van der Waals surface area (Å²) >= 11 is 0. The molecule has 0 amide bonds. The first-order valence-electron chi connectivity index (χ1n) is 9.35. The van der Waals surface area contributed by atoms with Crippen LogP contribution in [0.4, 0.5) is 0 Å². The molecule has 0 aromatic carbocycles. The van der Waals surface area contributed by atoms with Gasteiger partial charge in [0.2, 0.25) is 0 Å². The summed E-state index contributed by atoms with van der Waals surface area (Å²) in [4.78, 5) is 11.3. The van der Waals surface area contributed by atoms with Crippen LogP contribution in [0.2, 0.25) is 0 Å². The number of unbranched alkanes of at least 4 members (excludes halogenated alkanes) is 3. The largest absolute Gasteiger partial charge is 0.465 e. The average Bonchev–Trinajstić information content (AvgIpc) is 2.49. The molecule has 1 saturated heterocycles. The lowest BCUT2D eigenvalue weighted by Gasteiger charge is -2.55. The van der Waals surface area contributed by atoms with E-state index >= 15 is 0 Å². The third kappa shape index (κ3) is 3.81. The van der Waals surface area contributed by atoms with Crippen LogP contribution in [0, 0.1) is 23.2 Å². The van der Waals surface area contributed by atoms with Crippen molar-refractivity contribution >= 4 is 5.97 Å². The van der Waals surface area contributed by atoms with Gasteiger partial charge in [-0.15, -0.1) is 0 Å². The topological polar surface area (TPSA) is 35.5 Å². The quantitative estimate of drug-likeness (QED) is 0.385. The molecule has 1 heterocycles. The van der Waals surface area contributed by atoms with Crippen LogP contribution in [0.1, 0.15) is 66.7 Å².